The van der Waals surface area contributed by atoms with Gasteiger partial charge in [-0.15, -0.1) is 0 Å². The molecule has 1 amide bonds. The summed E-state index contributed by atoms with van der Waals surface area (Å²) in [5.41, 5.74) is 0.596. The molecule has 0 saturated carbocycles. The van der Waals surface area contributed by atoms with Gasteiger partial charge in [-0.25, -0.2) is 0 Å². The maximum Gasteiger partial charge on any atom is 0.303 e. The summed E-state index contributed by atoms with van der Waals surface area (Å²) in [5.74, 6) is -0.526. The van der Waals surface area contributed by atoms with E-state index in [2.05, 4.69) is 5.32 Å². The SMILES string of the molecule is COc1ccc(NC(=O)CS(=O)CCCC(=O)O)cc1. The lowest BCUT2D eigenvalue weighted by Gasteiger charge is -2.06. The molecule has 2 N–H and O–H groups in total. The summed E-state index contributed by atoms with van der Waals surface area (Å²) in [6.07, 6.45) is 0.267. The number of benzene rings is 1. The number of aliphatic carboxylic acids is 1. The summed E-state index contributed by atoms with van der Waals surface area (Å²) >= 11 is 0. The summed E-state index contributed by atoms with van der Waals surface area (Å²) in [6.45, 7) is 0. The Balaban J connectivity index is 2.34. The highest BCUT2D eigenvalue weighted by molar-refractivity contribution is 7.85. The molecule has 0 spiro atoms. The van der Waals surface area contributed by atoms with Crippen LogP contribution in [0.2, 0.25) is 0 Å². The van der Waals surface area contributed by atoms with Crippen LogP contribution in [0.25, 0.3) is 0 Å². The van der Waals surface area contributed by atoms with Crippen molar-refractivity contribution in [2.45, 2.75) is 12.8 Å². The molecule has 1 unspecified atom stereocenters. The number of carboxylic acid groups (broad SMARTS) is 1. The van der Waals surface area contributed by atoms with Gasteiger partial charge < -0.3 is 15.2 Å². The molecule has 0 bridgehead atoms. The zero-order chi connectivity index (χ0) is 15.0. The van der Waals surface area contributed by atoms with Crippen LogP contribution < -0.4 is 10.1 Å². The summed E-state index contributed by atoms with van der Waals surface area (Å²) in [5, 5.41) is 11.1. The van der Waals surface area contributed by atoms with Gasteiger partial charge in [0.1, 0.15) is 11.5 Å². The Morgan fingerprint density at radius 3 is 2.50 bits per heavy atom. The summed E-state index contributed by atoms with van der Waals surface area (Å²) in [4.78, 5) is 21.9. The molecule has 20 heavy (non-hydrogen) atoms. The van der Waals surface area contributed by atoms with E-state index in [9.17, 15) is 13.8 Å². The minimum absolute atomic E-state index is 0.0359. The first-order valence-electron chi connectivity index (χ1n) is 6.02. The lowest BCUT2D eigenvalue weighted by atomic mass is 10.3. The molecule has 0 heterocycles. The first kappa shape index (κ1) is 16.2. The molecule has 1 rings (SSSR count). The second kappa shape index (κ2) is 8.31. The van der Waals surface area contributed by atoms with E-state index in [1.807, 2.05) is 0 Å². The number of ether oxygens (including phenoxy) is 1. The van der Waals surface area contributed by atoms with Gasteiger partial charge in [-0.3, -0.25) is 13.8 Å². The van der Waals surface area contributed by atoms with Crippen LogP contribution in [0.3, 0.4) is 0 Å². The van der Waals surface area contributed by atoms with Crippen LogP contribution in [0.15, 0.2) is 24.3 Å². The standard InChI is InChI=1S/C13H17NO5S/c1-19-11-6-4-10(5-7-11)14-12(15)9-20(18)8-2-3-13(16)17/h4-7H,2-3,8-9H2,1H3,(H,14,15)(H,16,17). The highest BCUT2D eigenvalue weighted by Crippen LogP contribution is 2.14. The predicted molar refractivity (Wildman–Crippen MR) is 76.4 cm³/mol. The minimum atomic E-state index is -1.35. The molecule has 1 aromatic rings. The largest absolute Gasteiger partial charge is 0.497 e. The number of hydrogen-bond acceptors (Lipinski definition) is 4. The van der Waals surface area contributed by atoms with Crippen LogP contribution in [0, 0.1) is 0 Å². The van der Waals surface area contributed by atoms with Crippen LogP contribution in [-0.2, 0) is 20.4 Å². The van der Waals surface area contributed by atoms with E-state index in [4.69, 9.17) is 9.84 Å². The zero-order valence-electron chi connectivity index (χ0n) is 11.1. The predicted octanol–water partition coefficient (Wildman–Crippen LogP) is 1.25. The normalized spacial score (nSPS) is 11.7. The van der Waals surface area contributed by atoms with Gasteiger partial charge in [0.25, 0.3) is 0 Å². The molecule has 0 fully saturated rings. The Morgan fingerprint density at radius 1 is 1.30 bits per heavy atom. The van der Waals surface area contributed by atoms with Crippen molar-refractivity contribution in [1.82, 2.24) is 0 Å². The van der Waals surface area contributed by atoms with Crippen LogP contribution >= 0.6 is 0 Å². The molecule has 1 atom stereocenters. The molecule has 0 aliphatic heterocycles. The number of amides is 1. The minimum Gasteiger partial charge on any atom is -0.497 e. The smallest absolute Gasteiger partial charge is 0.303 e. The fourth-order valence-electron chi connectivity index (χ4n) is 1.47. The number of nitrogens with one attached hydrogen (secondary N) is 1. The number of carboxylic acids is 1. The van der Waals surface area contributed by atoms with Gasteiger partial charge in [0.2, 0.25) is 5.91 Å². The van der Waals surface area contributed by atoms with E-state index in [1.54, 1.807) is 31.4 Å². The maximum atomic E-state index is 11.6. The molecule has 0 aliphatic rings. The van der Waals surface area contributed by atoms with E-state index < -0.39 is 16.8 Å². The zero-order valence-corrected chi connectivity index (χ0v) is 11.9. The van der Waals surface area contributed by atoms with Crippen molar-refractivity contribution < 1.29 is 23.6 Å². The number of carbonyl (C=O) groups is 2. The van der Waals surface area contributed by atoms with E-state index in [0.717, 1.165) is 0 Å². The van der Waals surface area contributed by atoms with Gasteiger partial charge in [0.05, 0.1) is 7.11 Å². The Bertz CT molecular complexity index is 486. The molecule has 0 aromatic heterocycles. The number of rotatable bonds is 8. The molecule has 0 aliphatic carbocycles. The monoisotopic (exact) mass is 299 g/mol. The number of carbonyl (C=O) groups excluding carboxylic acids is 1. The maximum absolute atomic E-state index is 11.6. The van der Waals surface area contributed by atoms with Crippen molar-refractivity contribution in [3.8, 4) is 5.75 Å². The van der Waals surface area contributed by atoms with Crippen molar-refractivity contribution in [3.05, 3.63) is 24.3 Å². The van der Waals surface area contributed by atoms with Crippen molar-refractivity contribution >= 4 is 28.4 Å². The van der Waals surface area contributed by atoms with Gasteiger partial charge in [-0.05, 0) is 30.7 Å². The average molecular weight is 299 g/mol. The molecule has 0 radical (unpaired) electrons. The third-order valence-electron chi connectivity index (χ3n) is 2.43. The van der Waals surface area contributed by atoms with E-state index in [0.29, 0.717) is 17.9 Å². The van der Waals surface area contributed by atoms with E-state index in [1.165, 1.54) is 0 Å². The quantitative estimate of drug-likeness (QED) is 0.753. The van der Waals surface area contributed by atoms with E-state index in [-0.39, 0.29) is 23.8 Å². The fourth-order valence-corrected chi connectivity index (χ4v) is 2.45. The third-order valence-corrected chi connectivity index (χ3v) is 3.76. The summed E-state index contributed by atoms with van der Waals surface area (Å²) in [6, 6.07) is 6.78. The molecule has 6 nitrogen and oxygen atoms in total. The number of anilines is 1. The highest BCUT2D eigenvalue weighted by Gasteiger charge is 2.09. The lowest BCUT2D eigenvalue weighted by Crippen LogP contribution is -2.21. The molecular formula is C13H17NO5S. The molecule has 110 valence electrons. The van der Waals surface area contributed by atoms with Crippen molar-refractivity contribution in [2.75, 3.05) is 23.9 Å². The van der Waals surface area contributed by atoms with E-state index >= 15 is 0 Å². The highest BCUT2D eigenvalue weighted by atomic mass is 32.2. The van der Waals surface area contributed by atoms with Crippen molar-refractivity contribution in [3.63, 3.8) is 0 Å². The Labute approximate surface area is 119 Å². The Morgan fingerprint density at radius 2 is 1.95 bits per heavy atom. The van der Waals surface area contributed by atoms with Crippen molar-refractivity contribution in [2.24, 2.45) is 0 Å². The molecule has 0 saturated heterocycles. The molecular weight excluding hydrogens is 282 g/mol. The van der Waals surface area contributed by atoms with Gasteiger partial charge in [-0.1, -0.05) is 0 Å². The second-order valence-electron chi connectivity index (χ2n) is 4.06. The number of methoxy groups -OCH3 is 1. The first-order chi connectivity index (χ1) is 9.51. The second-order valence-corrected chi connectivity index (χ2v) is 5.64. The molecule has 7 heteroatoms. The van der Waals surface area contributed by atoms with Crippen LogP contribution in [0.5, 0.6) is 5.75 Å². The Kier molecular flexibility index (Phi) is 6.72. The topological polar surface area (TPSA) is 92.7 Å². The van der Waals surface area contributed by atoms with Gasteiger partial charge in [-0.2, -0.15) is 0 Å². The first-order valence-corrected chi connectivity index (χ1v) is 7.50. The van der Waals surface area contributed by atoms with Gasteiger partial charge in [0, 0.05) is 28.7 Å². The Hall–Kier alpha value is -1.89. The van der Waals surface area contributed by atoms with Gasteiger partial charge in [0.15, 0.2) is 0 Å². The molecule has 1 aromatic carbocycles. The lowest BCUT2D eigenvalue weighted by molar-refractivity contribution is -0.137. The summed E-state index contributed by atoms with van der Waals surface area (Å²) < 4.78 is 16.6. The number of hydrogen-bond donors (Lipinski definition) is 2. The van der Waals surface area contributed by atoms with Crippen LogP contribution in [0.4, 0.5) is 5.69 Å². The van der Waals surface area contributed by atoms with Crippen LogP contribution in [-0.4, -0.2) is 39.8 Å². The summed E-state index contributed by atoms with van der Waals surface area (Å²) in [7, 11) is 0.203. The third kappa shape index (κ3) is 6.33. The van der Waals surface area contributed by atoms with Crippen LogP contribution in [0.1, 0.15) is 12.8 Å². The fraction of sp³-hybridized carbons (Fsp3) is 0.385. The van der Waals surface area contributed by atoms with Gasteiger partial charge >= 0.3 is 5.97 Å². The van der Waals surface area contributed by atoms with Crippen molar-refractivity contribution in [1.29, 1.82) is 0 Å². The average Bonchev–Trinajstić information content (AvgIpc) is 2.38.